The topological polar surface area (TPSA) is 87.7 Å². The van der Waals surface area contributed by atoms with Crippen LogP contribution >= 0.6 is 11.8 Å². The van der Waals surface area contributed by atoms with Crippen LogP contribution in [0.25, 0.3) is 28.5 Å². The van der Waals surface area contributed by atoms with Crippen molar-refractivity contribution in [2.45, 2.75) is 10.9 Å². The SMILES string of the molecule is Nn1c(SCc2cn(-c3ccccc3)nc2-c2ccccc2)nnc1-c1ccco1. The number of para-hydroxylation sites is 1. The first kappa shape index (κ1) is 18.3. The van der Waals surface area contributed by atoms with Gasteiger partial charge in [-0.2, -0.15) is 5.10 Å². The van der Waals surface area contributed by atoms with Gasteiger partial charge < -0.3 is 10.3 Å². The zero-order valence-corrected chi connectivity index (χ0v) is 16.7. The van der Waals surface area contributed by atoms with Crippen LogP contribution in [0.15, 0.2) is 94.8 Å². The van der Waals surface area contributed by atoms with Crippen LogP contribution < -0.4 is 5.84 Å². The lowest BCUT2D eigenvalue weighted by atomic mass is 10.1. The molecule has 8 heteroatoms. The Balaban J connectivity index is 1.46. The van der Waals surface area contributed by atoms with Gasteiger partial charge in [0.25, 0.3) is 0 Å². The van der Waals surface area contributed by atoms with E-state index in [1.165, 1.54) is 16.4 Å². The molecule has 0 bridgehead atoms. The minimum absolute atomic E-state index is 0.491. The molecule has 3 heterocycles. The lowest BCUT2D eigenvalue weighted by molar-refractivity contribution is 0.574. The molecule has 5 aromatic rings. The molecule has 0 unspecified atom stereocenters. The average molecular weight is 414 g/mol. The number of nitrogens with zero attached hydrogens (tertiary/aromatic N) is 5. The molecule has 0 atom stereocenters. The zero-order chi connectivity index (χ0) is 20.3. The van der Waals surface area contributed by atoms with Crippen molar-refractivity contribution in [1.29, 1.82) is 0 Å². The summed E-state index contributed by atoms with van der Waals surface area (Å²) in [6.07, 6.45) is 3.64. The molecule has 2 aromatic carbocycles. The summed E-state index contributed by atoms with van der Waals surface area (Å²) in [4.78, 5) is 0. The zero-order valence-electron chi connectivity index (χ0n) is 15.9. The van der Waals surface area contributed by atoms with Crippen molar-refractivity contribution in [2.75, 3.05) is 5.84 Å². The molecule has 0 radical (unpaired) electrons. The Hall–Kier alpha value is -3.78. The van der Waals surface area contributed by atoms with E-state index in [0.717, 1.165) is 22.5 Å². The third kappa shape index (κ3) is 3.48. The summed E-state index contributed by atoms with van der Waals surface area (Å²) in [5, 5.41) is 13.8. The molecule has 2 N–H and O–H groups in total. The maximum Gasteiger partial charge on any atom is 0.218 e. The highest BCUT2D eigenvalue weighted by Crippen LogP contribution is 2.30. The van der Waals surface area contributed by atoms with Gasteiger partial charge in [0.1, 0.15) is 0 Å². The quantitative estimate of drug-likeness (QED) is 0.327. The largest absolute Gasteiger partial charge is 0.461 e. The summed E-state index contributed by atoms with van der Waals surface area (Å²) >= 11 is 1.50. The molecule has 3 aromatic heterocycles. The number of rotatable bonds is 6. The first-order chi connectivity index (χ1) is 14.8. The second-order valence-electron chi connectivity index (χ2n) is 6.59. The number of thioether (sulfide) groups is 1. The molecular weight excluding hydrogens is 396 g/mol. The van der Waals surface area contributed by atoms with Crippen LogP contribution in [0.4, 0.5) is 0 Å². The molecular formula is C22H18N6OS. The molecule has 0 spiro atoms. The van der Waals surface area contributed by atoms with Crippen molar-refractivity contribution in [2.24, 2.45) is 0 Å². The van der Waals surface area contributed by atoms with Crippen LogP contribution in [-0.4, -0.2) is 24.7 Å². The molecule has 0 fully saturated rings. The van der Waals surface area contributed by atoms with E-state index in [0.29, 0.717) is 22.5 Å². The highest BCUT2D eigenvalue weighted by Gasteiger charge is 2.17. The van der Waals surface area contributed by atoms with Crippen LogP contribution in [0.5, 0.6) is 0 Å². The van der Waals surface area contributed by atoms with Crippen molar-refractivity contribution in [1.82, 2.24) is 24.7 Å². The van der Waals surface area contributed by atoms with Crippen LogP contribution in [0.1, 0.15) is 5.56 Å². The van der Waals surface area contributed by atoms with E-state index in [-0.39, 0.29) is 0 Å². The third-order valence-corrected chi connectivity index (χ3v) is 5.61. The Morgan fingerprint density at radius 3 is 2.40 bits per heavy atom. The van der Waals surface area contributed by atoms with E-state index in [1.807, 2.05) is 53.2 Å². The summed E-state index contributed by atoms with van der Waals surface area (Å²) in [6, 6.07) is 23.8. The third-order valence-electron chi connectivity index (χ3n) is 4.62. The first-order valence-corrected chi connectivity index (χ1v) is 10.3. The van der Waals surface area contributed by atoms with E-state index >= 15 is 0 Å². The van der Waals surface area contributed by atoms with Gasteiger partial charge in [0, 0.05) is 23.1 Å². The van der Waals surface area contributed by atoms with E-state index in [2.05, 4.69) is 28.5 Å². The van der Waals surface area contributed by atoms with Crippen LogP contribution in [0.2, 0.25) is 0 Å². The fourth-order valence-corrected chi connectivity index (χ4v) is 3.98. The van der Waals surface area contributed by atoms with Crippen LogP contribution in [0.3, 0.4) is 0 Å². The highest BCUT2D eigenvalue weighted by molar-refractivity contribution is 7.98. The molecule has 0 saturated heterocycles. The molecule has 0 amide bonds. The fraction of sp³-hybridized carbons (Fsp3) is 0.0455. The van der Waals surface area contributed by atoms with Crippen molar-refractivity contribution < 1.29 is 4.42 Å². The fourth-order valence-electron chi connectivity index (χ4n) is 3.16. The number of furan rings is 1. The summed E-state index contributed by atoms with van der Waals surface area (Å²) in [5.41, 5.74) is 4.08. The predicted octanol–water partition coefficient (Wildman–Crippen LogP) is 4.40. The standard InChI is InChI=1S/C22H18N6OS/c23-28-21(19-12-7-13-29-19)24-25-22(28)30-15-17-14-27(18-10-5-2-6-11-18)26-20(17)16-8-3-1-4-9-16/h1-14H,15,23H2. The second kappa shape index (κ2) is 7.92. The molecule has 7 nitrogen and oxygen atoms in total. The van der Waals surface area contributed by atoms with Gasteiger partial charge in [0.2, 0.25) is 11.0 Å². The predicted molar refractivity (Wildman–Crippen MR) is 116 cm³/mol. The Morgan fingerprint density at radius 1 is 0.900 bits per heavy atom. The maximum absolute atomic E-state index is 6.19. The van der Waals surface area contributed by atoms with Crippen molar-refractivity contribution in [3.05, 3.63) is 90.8 Å². The molecule has 148 valence electrons. The minimum Gasteiger partial charge on any atom is -0.461 e. The van der Waals surface area contributed by atoms with Crippen LogP contribution in [0, 0.1) is 0 Å². The van der Waals surface area contributed by atoms with E-state index in [1.54, 1.807) is 18.4 Å². The van der Waals surface area contributed by atoms with Crippen molar-refractivity contribution in [3.63, 3.8) is 0 Å². The summed E-state index contributed by atoms with van der Waals surface area (Å²) in [6.45, 7) is 0. The lowest BCUT2D eigenvalue weighted by Crippen LogP contribution is -2.11. The summed E-state index contributed by atoms with van der Waals surface area (Å²) in [5.74, 6) is 7.91. The van der Waals surface area contributed by atoms with Crippen molar-refractivity contribution in [3.8, 4) is 28.5 Å². The van der Waals surface area contributed by atoms with E-state index in [4.69, 9.17) is 15.4 Å². The Bertz CT molecular complexity index is 1250. The number of nitrogen functional groups attached to an aromatic ring is 1. The number of nitrogens with two attached hydrogens (primary N) is 1. The number of hydrogen-bond donors (Lipinski definition) is 1. The van der Waals surface area contributed by atoms with E-state index in [9.17, 15) is 0 Å². The smallest absolute Gasteiger partial charge is 0.218 e. The van der Waals surface area contributed by atoms with Gasteiger partial charge in [-0.1, -0.05) is 60.3 Å². The van der Waals surface area contributed by atoms with Gasteiger partial charge in [-0.3, -0.25) is 0 Å². The van der Waals surface area contributed by atoms with Gasteiger partial charge in [-0.15, -0.1) is 10.2 Å². The second-order valence-corrected chi connectivity index (χ2v) is 7.53. The molecule has 0 aliphatic heterocycles. The Labute approximate surface area is 177 Å². The van der Waals surface area contributed by atoms with Crippen molar-refractivity contribution >= 4 is 11.8 Å². The van der Waals surface area contributed by atoms with Crippen LogP contribution in [-0.2, 0) is 5.75 Å². The lowest BCUT2D eigenvalue weighted by Gasteiger charge is -2.03. The summed E-state index contributed by atoms with van der Waals surface area (Å²) < 4.78 is 8.73. The Morgan fingerprint density at radius 2 is 1.67 bits per heavy atom. The monoisotopic (exact) mass is 414 g/mol. The maximum atomic E-state index is 6.19. The average Bonchev–Trinajstić information content (AvgIpc) is 3.54. The molecule has 30 heavy (non-hydrogen) atoms. The van der Waals surface area contributed by atoms with Gasteiger partial charge in [-0.25, -0.2) is 9.36 Å². The molecule has 0 aliphatic carbocycles. The number of aromatic nitrogens is 5. The molecule has 5 rings (SSSR count). The normalized spacial score (nSPS) is 11.1. The summed E-state index contributed by atoms with van der Waals surface area (Å²) in [7, 11) is 0. The highest BCUT2D eigenvalue weighted by atomic mass is 32.2. The number of benzene rings is 2. The van der Waals surface area contributed by atoms with Gasteiger partial charge in [0.05, 0.1) is 17.6 Å². The molecule has 0 saturated carbocycles. The van der Waals surface area contributed by atoms with Gasteiger partial charge in [-0.05, 0) is 24.3 Å². The van der Waals surface area contributed by atoms with E-state index < -0.39 is 0 Å². The van der Waals surface area contributed by atoms with Gasteiger partial charge >= 0.3 is 0 Å². The molecule has 0 aliphatic rings. The van der Waals surface area contributed by atoms with Gasteiger partial charge in [0.15, 0.2) is 5.76 Å². The minimum atomic E-state index is 0.491. The first-order valence-electron chi connectivity index (χ1n) is 9.36. The Kier molecular flexibility index (Phi) is 4.82. The number of hydrogen-bond acceptors (Lipinski definition) is 6.